The van der Waals surface area contributed by atoms with Gasteiger partial charge in [0, 0.05) is 16.1 Å². The van der Waals surface area contributed by atoms with Gasteiger partial charge in [0.1, 0.15) is 0 Å². The fourth-order valence-electron chi connectivity index (χ4n) is 2.94. The van der Waals surface area contributed by atoms with Gasteiger partial charge in [-0.05, 0) is 49.1 Å². The van der Waals surface area contributed by atoms with Crippen LogP contribution in [-0.2, 0) is 0 Å². The smallest absolute Gasteiger partial charge is 0.256 e. The highest BCUT2D eigenvalue weighted by Crippen LogP contribution is 2.25. The Bertz CT molecular complexity index is 1150. The fourth-order valence-corrected chi connectivity index (χ4v) is 3.74. The van der Waals surface area contributed by atoms with E-state index in [0.29, 0.717) is 11.2 Å². The molecule has 0 fully saturated rings. The average molecular weight is 389 g/mol. The summed E-state index contributed by atoms with van der Waals surface area (Å²) in [5.74, 6) is 1.52. The Morgan fingerprint density at radius 3 is 2.79 bits per heavy atom. The van der Waals surface area contributed by atoms with E-state index in [9.17, 15) is 4.79 Å². The third kappa shape index (κ3) is 3.61. The third-order valence-corrected chi connectivity index (χ3v) is 5.22. The second-order valence-electron chi connectivity index (χ2n) is 6.20. The van der Waals surface area contributed by atoms with Crippen LogP contribution in [-0.4, -0.2) is 31.5 Å². The van der Waals surface area contributed by atoms with Crippen molar-refractivity contribution in [2.24, 2.45) is 0 Å². The predicted octanol–water partition coefficient (Wildman–Crippen LogP) is 4.46. The molecule has 0 aliphatic rings. The summed E-state index contributed by atoms with van der Waals surface area (Å²) in [5, 5.41) is 15.7. The summed E-state index contributed by atoms with van der Waals surface area (Å²) in [5.41, 5.74) is 3.80. The van der Waals surface area contributed by atoms with Crippen molar-refractivity contribution in [1.82, 2.24) is 19.8 Å². The van der Waals surface area contributed by atoms with Crippen LogP contribution < -0.4 is 5.32 Å². The standard InChI is InChI=1S/C21H19N5OS/c1-3-28-19-10-5-4-9-17(19)21(27)22-16-8-6-7-15(13-16)18-11-12-20-24-23-14(2)26(20)25-18/h4-13H,3H2,1-2H3,(H,22,27). The van der Waals surface area contributed by atoms with E-state index in [1.165, 1.54) is 0 Å². The lowest BCUT2D eigenvalue weighted by Gasteiger charge is -2.10. The van der Waals surface area contributed by atoms with E-state index in [0.717, 1.165) is 33.4 Å². The van der Waals surface area contributed by atoms with E-state index < -0.39 is 0 Å². The van der Waals surface area contributed by atoms with Crippen molar-refractivity contribution < 1.29 is 4.79 Å². The predicted molar refractivity (Wildman–Crippen MR) is 112 cm³/mol. The summed E-state index contributed by atoms with van der Waals surface area (Å²) in [6, 6.07) is 19.1. The maximum absolute atomic E-state index is 12.8. The molecule has 0 unspecified atom stereocenters. The molecule has 0 saturated heterocycles. The van der Waals surface area contributed by atoms with Crippen LogP contribution in [0.1, 0.15) is 23.1 Å². The number of aromatic nitrogens is 4. The maximum Gasteiger partial charge on any atom is 0.256 e. The Labute approximate surface area is 167 Å². The molecule has 0 radical (unpaired) electrons. The van der Waals surface area contributed by atoms with E-state index >= 15 is 0 Å². The molecule has 0 aliphatic heterocycles. The molecule has 4 aromatic rings. The van der Waals surface area contributed by atoms with Crippen LogP contribution >= 0.6 is 11.8 Å². The average Bonchev–Trinajstić information content (AvgIpc) is 3.09. The number of rotatable bonds is 5. The van der Waals surface area contributed by atoms with Crippen molar-refractivity contribution >= 4 is 29.0 Å². The Hall–Kier alpha value is -3.19. The Kier molecular flexibility index (Phi) is 5.08. The minimum Gasteiger partial charge on any atom is -0.322 e. The first kappa shape index (κ1) is 18.2. The first-order valence-electron chi connectivity index (χ1n) is 8.98. The summed E-state index contributed by atoms with van der Waals surface area (Å²) in [6.45, 7) is 3.93. The van der Waals surface area contributed by atoms with Crippen LogP contribution in [0, 0.1) is 6.92 Å². The second-order valence-corrected chi connectivity index (χ2v) is 7.51. The maximum atomic E-state index is 12.8. The zero-order valence-electron chi connectivity index (χ0n) is 15.6. The van der Waals surface area contributed by atoms with Gasteiger partial charge in [-0.15, -0.1) is 22.0 Å². The minimum absolute atomic E-state index is 0.119. The summed E-state index contributed by atoms with van der Waals surface area (Å²) in [6.07, 6.45) is 0. The number of nitrogens with one attached hydrogen (secondary N) is 1. The van der Waals surface area contributed by atoms with E-state index in [-0.39, 0.29) is 5.91 Å². The summed E-state index contributed by atoms with van der Waals surface area (Å²) in [7, 11) is 0. The number of amides is 1. The van der Waals surface area contributed by atoms with Crippen molar-refractivity contribution in [3.63, 3.8) is 0 Å². The molecule has 2 aromatic carbocycles. The van der Waals surface area contributed by atoms with Crippen LogP contribution in [0.25, 0.3) is 16.9 Å². The van der Waals surface area contributed by atoms with Crippen molar-refractivity contribution in [3.8, 4) is 11.3 Å². The molecule has 0 aliphatic carbocycles. The number of aryl methyl sites for hydroxylation is 1. The molecule has 2 heterocycles. The minimum atomic E-state index is -0.119. The van der Waals surface area contributed by atoms with Crippen LogP contribution in [0.3, 0.4) is 0 Å². The lowest BCUT2D eigenvalue weighted by atomic mass is 10.1. The molecule has 7 heteroatoms. The van der Waals surface area contributed by atoms with Gasteiger partial charge in [0.15, 0.2) is 11.5 Å². The van der Waals surface area contributed by atoms with Gasteiger partial charge in [0.25, 0.3) is 5.91 Å². The topological polar surface area (TPSA) is 72.2 Å². The van der Waals surface area contributed by atoms with Crippen molar-refractivity contribution in [2.75, 3.05) is 11.1 Å². The summed E-state index contributed by atoms with van der Waals surface area (Å²) < 4.78 is 1.71. The Morgan fingerprint density at radius 2 is 1.93 bits per heavy atom. The molecule has 2 aromatic heterocycles. The fraction of sp³-hybridized carbons (Fsp3) is 0.143. The van der Waals surface area contributed by atoms with E-state index in [4.69, 9.17) is 0 Å². The third-order valence-electron chi connectivity index (χ3n) is 4.27. The van der Waals surface area contributed by atoms with Gasteiger partial charge in [-0.1, -0.05) is 31.2 Å². The first-order chi connectivity index (χ1) is 13.7. The molecule has 0 atom stereocenters. The first-order valence-corrected chi connectivity index (χ1v) is 9.97. The van der Waals surface area contributed by atoms with Gasteiger partial charge in [-0.3, -0.25) is 4.79 Å². The van der Waals surface area contributed by atoms with Crippen LogP contribution in [0.4, 0.5) is 5.69 Å². The molecule has 140 valence electrons. The number of carbonyl (C=O) groups excluding carboxylic acids is 1. The second kappa shape index (κ2) is 7.82. The zero-order chi connectivity index (χ0) is 19.5. The SMILES string of the molecule is CCSc1ccccc1C(=O)Nc1cccc(-c2ccc3nnc(C)n3n2)c1. The number of anilines is 1. The van der Waals surface area contributed by atoms with Gasteiger partial charge in [-0.2, -0.15) is 9.61 Å². The van der Waals surface area contributed by atoms with Crippen molar-refractivity contribution in [3.05, 3.63) is 72.1 Å². The van der Waals surface area contributed by atoms with Gasteiger partial charge in [-0.25, -0.2) is 0 Å². The number of nitrogens with zero attached hydrogens (tertiary/aromatic N) is 4. The zero-order valence-corrected chi connectivity index (χ0v) is 16.4. The lowest BCUT2D eigenvalue weighted by molar-refractivity contribution is 0.102. The highest BCUT2D eigenvalue weighted by Gasteiger charge is 2.12. The molecule has 0 saturated carbocycles. The molecular weight excluding hydrogens is 370 g/mol. The van der Waals surface area contributed by atoms with Crippen LogP contribution in [0.5, 0.6) is 0 Å². The molecule has 0 spiro atoms. The molecule has 28 heavy (non-hydrogen) atoms. The Balaban J connectivity index is 1.62. The number of carbonyl (C=O) groups is 1. The molecule has 6 nitrogen and oxygen atoms in total. The molecule has 1 amide bonds. The molecule has 4 rings (SSSR count). The number of hydrogen-bond donors (Lipinski definition) is 1. The number of benzene rings is 2. The summed E-state index contributed by atoms with van der Waals surface area (Å²) >= 11 is 1.66. The highest BCUT2D eigenvalue weighted by atomic mass is 32.2. The quantitative estimate of drug-likeness (QED) is 0.510. The van der Waals surface area contributed by atoms with E-state index in [1.807, 2.05) is 67.6 Å². The van der Waals surface area contributed by atoms with E-state index in [2.05, 4.69) is 27.5 Å². The Morgan fingerprint density at radius 1 is 1.07 bits per heavy atom. The van der Waals surface area contributed by atoms with Crippen LogP contribution in [0.15, 0.2) is 65.6 Å². The van der Waals surface area contributed by atoms with Gasteiger partial charge < -0.3 is 5.32 Å². The summed E-state index contributed by atoms with van der Waals surface area (Å²) in [4.78, 5) is 13.8. The van der Waals surface area contributed by atoms with Gasteiger partial charge in [0.2, 0.25) is 0 Å². The van der Waals surface area contributed by atoms with Crippen molar-refractivity contribution in [1.29, 1.82) is 0 Å². The number of fused-ring (bicyclic) bond motifs is 1. The lowest BCUT2D eigenvalue weighted by Crippen LogP contribution is -2.13. The normalized spacial score (nSPS) is 10.9. The monoisotopic (exact) mass is 389 g/mol. The van der Waals surface area contributed by atoms with E-state index in [1.54, 1.807) is 16.3 Å². The highest BCUT2D eigenvalue weighted by molar-refractivity contribution is 7.99. The molecule has 0 bridgehead atoms. The number of thioether (sulfide) groups is 1. The largest absolute Gasteiger partial charge is 0.322 e. The number of hydrogen-bond acceptors (Lipinski definition) is 5. The van der Waals surface area contributed by atoms with Gasteiger partial charge in [0.05, 0.1) is 11.3 Å². The van der Waals surface area contributed by atoms with Crippen molar-refractivity contribution in [2.45, 2.75) is 18.7 Å². The van der Waals surface area contributed by atoms with Gasteiger partial charge >= 0.3 is 0 Å². The molecule has 1 N–H and O–H groups in total. The molecular formula is C21H19N5OS. The van der Waals surface area contributed by atoms with Crippen LogP contribution in [0.2, 0.25) is 0 Å².